The summed E-state index contributed by atoms with van der Waals surface area (Å²) in [6, 6.07) is 2.09. The first-order valence-corrected chi connectivity index (χ1v) is 4.06. The van der Waals surface area contributed by atoms with E-state index in [0.717, 1.165) is 12.1 Å². The molecule has 0 radical (unpaired) electrons. The zero-order chi connectivity index (χ0) is 10.9. The van der Waals surface area contributed by atoms with Crippen molar-refractivity contribution in [1.29, 1.82) is 0 Å². The standard InChI is InChI=1S/C10H10F2O2/c1-5-8(6(2)13)3-7(10(11)12)4-9(5)14/h3-4,10,14H,1-2H3. The summed E-state index contributed by atoms with van der Waals surface area (Å²) in [5, 5.41) is 9.29. The number of ketones is 1. The molecule has 0 heterocycles. The van der Waals surface area contributed by atoms with E-state index < -0.39 is 6.43 Å². The number of aromatic hydroxyl groups is 1. The minimum Gasteiger partial charge on any atom is -0.508 e. The summed E-state index contributed by atoms with van der Waals surface area (Å²) in [6.07, 6.45) is -2.68. The van der Waals surface area contributed by atoms with E-state index in [9.17, 15) is 18.7 Å². The number of benzene rings is 1. The van der Waals surface area contributed by atoms with Crippen LogP contribution in [0.4, 0.5) is 8.78 Å². The highest BCUT2D eigenvalue weighted by Crippen LogP contribution is 2.28. The van der Waals surface area contributed by atoms with Gasteiger partial charge >= 0.3 is 0 Å². The topological polar surface area (TPSA) is 37.3 Å². The van der Waals surface area contributed by atoms with Gasteiger partial charge in [0.1, 0.15) is 5.75 Å². The van der Waals surface area contributed by atoms with E-state index in [1.54, 1.807) is 0 Å². The lowest BCUT2D eigenvalue weighted by molar-refractivity contribution is 0.101. The van der Waals surface area contributed by atoms with Crippen LogP contribution in [0.15, 0.2) is 12.1 Å². The normalized spacial score (nSPS) is 10.6. The molecular weight excluding hydrogens is 190 g/mol. The number of alkyl halides is 2. The second-order valence-electron chi connectivity index (χ2n) is 3.07. The van der Waals surface area contributed by atoms with Crippen LogP contribution in [0, 0.1) is 6.92 Å². The molecule has 0 amide bonds. The second-order valence-corrected chi connectivity index (χ2v) is 3.07. The first-order valence-electron chi connectivity index (χ1n) is 4.06. The molecule has 4 heteroatoms. The Kier molecular flexibility index (Phi) is 2.84. The van der Waals surface area contributed by atoms with Gasteiger partial charge in [0.05, 0.1) is 0 Å². The smallest absolute Gasteiger partial charge is 0.264 e. The van der Waals surface area contributed by atoms with Crippen LogP contribution in [0.2, 0.25) is 0 Å². The van der Waals surface area contributed by atoms with Gasteiger partial charge in [-0.3, -0.25) is 4.79 Å². The molecule has 0 aromatic heterocycles. The predicted octanol–water partition coefficient (Wildman–Crippen LogP) is 2.84. The van der Waals surface area contributed by atoms with Crippen LogP contribution in [-0.2, 0) is 0 Å². The summed E-state index contributed by atoms with van der Waals surface area (Å²) in [5.41, 5.74) is 0.139. The second kappa shape index (κ2) is 3.74. The Balaban J connectivity index is 3.35. The van der Waals surface area contributed by atoms with E-state index in [2.05, 4.69) is 0 Å². The van der Waals surface area contributed by atoms with Crippen molar-refractivity contribution in [1.82, 2.24) is 0 Å². The molecule has 0 saturated heterocycles. The Morgan fingerprint density at radius 3 is 2.43 bits per heavy atom. The number of carbonyl (C=O) groups excluding carboxylic acids is 1. The highest BCUT2D eigenvalue weighted by molar-refractivity contribution is 5.96. The summed E-state index contributed by atoms with van der Waals surface area (Å²) in [6.45, 7) is 2.79. The monoisotopic (exact) mass is 200 g/mol. The third-order valence-electron chi connectivity index (χ3n) is 2.03. The van der Waals surface area contributed by atoms with Crippen molar-refractivity contribution in [3.05, 3.63) is 28.8 Å². The Bertz CT molecular complexity index is 373. The minimum absolute atomic E-state index is 0.139. The van der Waals surface area contributed by atoms with E-state index >= 15 is 0 Å². The van der Waals surface area contributed by atoms with Crippen LogP contribution in [0.25, 0.3) is 0 Å². The van der Waals surface area contributed by atoms with Crippen LogP contribution in [-0.4, -0.2) is 10.9 Å². The average molecular weight is 200 g/mol. The summed E-state index contributed by atoms with van der Waals surface area (Å²) < 4.78 is 24.6. The van der Waals surface area contributed by atoms with Gasteiger partial charge in [0.25, 0.3) is 6.43 Å². The van der Waals surface area contributed by atoms with Crippen molar-refractivity contribution in [2.75, 3.05) is 0 Å². The largest absolute Gasteiger partial charge is 0.508 e. The van der Waals surface area contributed by atoms with Gasteiger partial charge in [-0.05, 0) is 26.0 Å². The molecule has 1 N–H and O–H groups in total. The maximum Gasteiger partial charge on any atom is 0.264 e. The molecule has 0 unspecified atom stereocenters. The molecule has 0 spiro atoms. The number of halogens is 2. The quantitative estimate of drug-likeness (QED) is 0.745. The summed E-state index contributed by atoms with van der Waals surface area (Å²) in [5.74, 6) is -0.603. The Morgan fingerprint density at radius 2 is 2.00 bits per heavy atom. The maximum atomic E-state index is 12.3. The van der Waals surface area contributed by atoms with Gasteiger partial charge in [-0.2, -0.15) is 0 Å². The molecule has 1 aromatic carbocycles. The molecule has 1 rings (SSSR count). The lowest BCUT2D eigenvalue weighted by Crippen LogP contribution is -1.98. The lowest BCUT2D eigenvalue weighted by Gasteiger charge is -2.07. The maximum absolute atomic E-state index is 12.3. The first-order chi connectivity index (χ1) is 6.43. The fourth-order valence-corrected chi connectivity index (χ4v) is 1.21. The van der Waals surface area contributed by atoms with Gasteiger partial charge in [0, 0.05) is 16.7 Å². The zero-order valence-electron chi connectivity index (χ0n) is 7.84. The first kappa shape index (κ1) is 10.6. The van der Waals surface area contributed by atoms with Crippen molar-refractivity contribution >= 4 is 5.78 Å². The van der Waals surface area contributed by atoms with Crippen LogP contribution >= 0.6 is 0 Å². The van der Waals surface area contributed by atoms with Gasteiger partial charge in [0.15, 0.2) is 5.78 Å². The van der Waals surface area contributed by atoms with Crippen molar-refractivity contribution in [3.63, 3.8) is 0 Å². The molecule has 2 nitrogen and oxygen atoms in total. The molecule has 0 bridgehead atoms. The van der Waals surface area contributed by atoms with Crippen molar-refractivity contribution < 1.29 is 18.7 Å². The molecule has 0 aliphatic heterocycles. The Morgan fingerprint density at radius 1 is 1.43 bits per heavy atom. The van der Waals surface area contributed by atoms with Gasteiger partial charge in [-0.1, -0.05) is 0 Å². The molecule has 76 valence electrons. The Labute approximate surface area is 80.2 Å². The molecule has 0 aliphatic rings. The van der Waals surface area contributed by atoms with E-state index in [4.69, 9.17) is 0 Å². The fourth-order valence-electron chi connectivity index (χ4n) is 1.21. The van der Waals surface area contributed by atoms with Crippen molar-refractivity contribution in [2.24, 2.45) is 0 Å². The minimum atomic E-state index is -2.68. The number of phenolic OH excluding ortho intramolecular Hbond substituents is 1. The average Bonchev–Trinajstić information content (AvgIpc) is 2.08. The van der Waals surface area contributed by atoms with Gasteiger partial charge in [0.2, 0.25) is 0 Å². The van der Waals surface area contributed by atoms with Crippen LogP contribution in [0.3, 0.4) is 0 Å². The van der Waals surface area contributed by atoms with E-state index in [0.29, 0.717) is 5.56 Å². The lowest BCUT2D eigenvalue weighted by atomic mass is 10.0. The molecule has 14 heavy (non-hydrogen) atoms. The number of Topliss-reactive ketones (excluding diaryl/α,β-unsaturated/α-hetero) is 1. The van der Waals surface area contributed by atoms with Crippen LogP contribution in [0.5, 0.6) is 5.75 Å². The molecule has 0 fully saturated rings. The van der Waals surface area contributed by atoms with Crippen molar-refractivity contribution in [3.8, 4) is 5.75 Å². The van der Waals surface area contributed by atoms with Crippen molar-refractivity contribution in [2.45, 2.75) is 20.3 Å². The molecule has 0 aliphatic carbocycles. The molecule has 0 atom stereocenters. The third-order valence-corrected chi connectivity index (χ3v) is 2.03. The summed E-state index contributed by atoms with van der Waals surface area (Å²) in [7, 11) is 0. The highest BCUT2D eigenvalue weighted by atomic mass is 19.3. The van der Waals surface area contributed by atoms with Gasteiger partial charge in [-0.25, -0.2) is 8.78 Å². The molecular formula is C10H10F2O2. The number of hydrogen-bond donors (Lipinski definition) is 1. The SMILES string of the molecule is CC(=O)c1cc(C(F)F)cc(O)c1C. The van der Waals surface area contributed by atoms with Crippen LogP contribution < -0.4 is 0 Å². The summed E-state index contributed by atoms with van der Waals surface area (Å²) in [4.78, 5) is 11.0. The van der Waals surface area contributed by atoms with E-state index in [1.165, 1.54) is 13.8 Å². The van der Waals surface area contributed by atoms with E-state index in [1.807, 2.05) is 0 Å². The third kappa shape index (κ3) is 1.89. The summed E-state index contributed by atoms with van der Waals surface area (Å²) >= 11 is 0. The Hall–Kier alpha value is -1.45. The van der Waals surface area contributed by atoms with E-state index in [-0.39, 0.29) is 22.7 Å². The van der Waals surface area contributed by atoms with Gasteiger partial charge < -0.3 is 5.11 Å². The fraction of sp³-hybridized carbons (Fsp3) is 0.300. The number of phenols is 1. The van der Waals surface area contributed by atoms with Gasteiger partial charge in [-0.15, -0.1) is 0 Å². The van der Waals surface area contributed by atoms with Crippen LogP contribution in [0.1, 0.15) is 34.8 Å². The zero-order valence-corrected chi connectivity index (χ0v) is 7.84. The molecule has 1 aromatic rings. The highest BCUT2D eigenvalue weighted by Gasteiger charge is 2.14. The molecule has 0 saturated carbocycles. The number of hydrogen-bond acceptors (Lipinski definition) is 2. The predicted molar refractivity (Wildman–Crippen MR) is 47.8 cm³/mol. The number of carbonyl (C=O) groups is 1. The number of rotatable bonds is 2.